The number of nitrogens with zero attached hydrogens (tertiary/aromatic N) is 2. The summed E-state index contributed by atoms with van der Waals surface area (Å²) in [6.07, 6.45) is 0.800. The van der Waals surface area contributed by atoms with Gasteiger partial charge in [0, 0.05) is 18.2 Å². The van der Waals surface area contributed by atoms with E-state index in [2.05, 4.69) is 10.6 Å². The van der Waals surface area contributed by atoms with Crippen molar-refractivity contribution < 1.29 is 14.5 Å². The molecule has 8 nitrogen and oxygen atoms in total. The van der Waals surface area contributed by atoms with Crippen LogP contribution in [0.15, 0.2) is 18.2 Å². The summed E-state index contributed by atoms with van der Waals surface area (Å²) in [5.74, 6) is -0.340. The lowest BCUT2D eigenvalue weighted by Crippen LogP contribution is -2.30. The highest BCUT2D eigenvalue weighted by Crippen LogP contribution is 2.29. The number of imide groups is 1. The van der Waals surface area contributed by atoms with Crippen LogP contribution in [0.4, 0.5) is 16.2 Å². The first-order valence-electron chi connectivity index (χ1n) is 6.63. The Morgan fingerprint density at radius 2 is 2.19 bits per heavy atom. The molecule has 0 aromatic heterocycles. The SMILES string of the molecule is CCCNc1c(CN2C(=O)CNC2=O)cccc1[N+](=O)[O-]. The van der Waals surface area contributed by atoms with Gasteiger partial charge in [0.05, 0.1) is 18.0 Å². The van der Waals surface area contributed by atoms with E-state index in [1.807, 2.05) is 6.92 Å². The lowest BCUT2D eigenvalue weighted by molar-refractivity contribution is -0.384. The quantitative estimate of drug-likeness (QED) is 0.469. The minimum atomic E-state index is -0.479. The molecule has 1 fully saturated rings. The predicted octanol–water partition coefficient (Wildman–Crippen LogP) is 1.47. The molecule has 0 bridgehead atoms. The average Bonchev–Trinajstić information content (AvgIpc) is 2.77. The number of hydrogen-bond donors (Lipinski definition) is 2. The van der Waals surface area contributed by atoms with Crippen LogP contribution in [-0.4, -0.2) is 34.9 Å². The van der Waals surface area contributed by atoms with Gasteiger partial charge in [-0.15, -0.1) is 0 Å². The Kier molecular flexibility index (Phi) is 4.36. The summed E-state index contributed by atoms with van der Waals surface area (Å²) in [6, 6.07) is 4.13. The van der Waals surface area contributed by atoms with E-state index in [0.717, 1.165) is 11.3 Å². The molecule has 1 aliphatic heterocycles. The fourth-order valence-electron chi connectivity index (χ4n) is 2.11. The van der Waals surface area contributed by atoms with Gasteiger partial charge in [0.2, 0.25) is 5.91 Å². The number of nitro groups is 1. The molecule has 0 radical (unpaired) electrons. The Labute approximate surface area is 121 Å². The normalized spacial score (nSPS) is 14.2. The van der Waals surface area contributed by atoms with Gasteiger partial charge in [-0.05, 0) is 6.42 Å². The molecule has 2 N–H and O–H groups in total. The van der Waals surface area contributed by atoms with E-state index in [4.69, 9.17) is 0 Å². The summed E-state index contributed by atoms with van der Waals surface area (Å²) in [5, 5.41) is 16.5. The number of nitrogens with one attached hydrogen (secondary N) is 2. The number of carbonyl (C=O) groups is 2. The van der Waals surface area contributed by atoms with Crippen LogP contribution < -0.4 is 10.6 Å². The maximum atomic E-state index is 11.6. The van der Waals surface area contributed by atoms with Crippen molar-refractivity contribution >= 4 is 23.3 Å². The zero-order valence-corrected chi connectivity index (χ0v) is 11.6. The van der Waals surface area contributed by atoms with Crippen LogP contribution in [0.5, 0.6) is 0 Å². The summed E-state index contributed by atoms with van der Waals surface area (Å²) >= 11 is 0. The molecule has 0 saturated carbocycles. The topological polar surface area (TPSA) is 105 Å². The Balaban J connectivity index is 2.33. The van der Waals surface area contributed by atoms with Crippen molar-refractivity contribution in [3.05, 3.63) is 33.9 Å². The minimum absolute atomic E-state index is 0.0123. The van der Waals surface area contributed by atoms with Crippen LogP contribution in [0.25, 0.3) is 0 Å². The summed E-state index contributed by atoms with van der Waals surface area (Å²) in [7, 11) is 0. The third kappa shape index (κ3) is 3.10. The molecule has 0 atom stereocenters. The molecule has 2 rings (SSSR count). The highest BCUT2D eigenvalue weighted by molar-refractivity contribution is 6.02. The Bertz CT molecular complexity index is 572. The lowest BCUT2D eigenvalue weighted by Gasteiger charge is -2.16. The van der Waals surface area contributed by atoms with Gasteiger partial charge < -0.3 is 10.6 Å². The van der Waals surface area contributed by atoms with Crippen molar-refractivity contribution in [1.82, 2.24) is 10.2 Å². The Morgan fingerprint density at radius 3 is 2.76 bits per heavy atom. The molecule has 0 unspecified atom stereocenters. The zero-order chi connectivity index (χ0) is 15.4. The van der Waals surface area contributed by atoms with Crippen molar-refractivity contribution in [2.75, 3.05) is 18.4 Å². The van der Waals surface area contributed by atoms with E-state index in [9.17, 15) is 19.7 Å². The molecule has 1 heterocycles. The molecule has 1 saturated heterocycles. The van der Waals surface area contributed by atoms with Crippen molar-refractivity contribution in [2.45, 2.75) is 19.9 Å². The number of nitro benzene ring substituents is 1. The minimum Gasteiger partial charge on any atom is -0.379 e. The van der Waals surface area contributed by atoms with E-state index < -0.39 is 11.0 Å². The van der Waals surface area contributed by atoms with E-state index in [0.29, 0.717) is 17.8 Å². The van der Waals surface area contributed by atoms with Gasteiger partial charge in [0.25, 0.3) is 5.69 Å². The molecule has 1 aromatic carbocycles. The monoisotopic (exact) mass is 292 g/mol. The molecule has 8 heteroatoms. The number of carbonyl (C=O) groups excluding carboxylic acids is 2. The van der Waals surface area contributed by atoms with Crippen LogP contribution >= 0.6 is 0 Å². The molecule has 1 aliphatic rings. The maximum absolute atomic E-state index is 11.6. The number of anilines is 1. The molecular weight excluding hydrogens is 276 g/mol. The number of rotatable bonds is 6. The third-order valence-corrected chi connectivity index (χ3v) is 3.14. The van der Waals surface area contributed by atoms with Crippen LogP contribution in [0.1, 0.15) is 18.9 Å². The number of urea groups is 1. The summed E-state index contributed by atoms with van der Waals surface area (Å²) < 4.78 is 0. The molecule has 3 amide bonds. The van der Waals surface area contributed by atoms with E-state index in [1.54, 1.807) is 12.1 Å². The Morgan fingerprint density at radius 1 is 1.43 bits per heavy atom. The van der Waals surface area contributed by atoms with Gasteiger partial charge in [0.15, 0.2) is 0 Å². The lowest BCUT2D eigenvalue weighted by atomic mass is 10.1. The highest BCUT2D eigenvalue weighted by atomic mass is 16.6. The fourth-order valence-corrected chi connectivity index (χ4v) is 2.11. The predicted molar refractivity (Wildman–Crippen MR) is 75.8 cm³/mol. The largest absolute Gasteiger partial charge is 0.379 e. The van der Waals surface area contributed by atoms with Crippen molar-refractivity contribution in [3.8, 4) is 0 Å². The van der Waals surface area contributed by atoms with Crippen LogP contribution in [-0.2, 0) is 11.3 Å². The number of benzene rings is 1. The van der Waals surface area contributed by atoms with Crippen molar-refractivity contribution in [2.24, 2.45) is 0 Å². The van der Waals surface area contributed by atoms with Crippen LogP contribution in [0.3, 0.4) is 0 Å². The fraction of sp³-hybridized carbons (Fsp3) is 0.385. The standard InChI is InChI=1S/C13H16N4O4/c1-2-6-14-12-9(4-3-5-10(12)17(20)21)8-16-11(18)7-15-13(16)19/h3-5,14H,2,6-8H2,1H3,(H,15,19). The van der Waals surface area contributed by atoms with E-state index >= 15 is 0 Å². The summed E-state index contributed by atoms with van der Waals surface area (Å²) in [6.45, 7) is 2.49. The Hall–Kier alpha value is -2.64. The molecule has 0 spiro atoms. The third-order valence-electron chi connectivity index (χ3n) is 3.14. The smallest absolute Gasteiger partial charge is 0.324 e. The summed E-state index contributed by atoms with van der Waals surface area (Å²) in [5.41, 5.74) is 0.841. The molecule has 112 valence electrons. The summed E-state index contributed by atoms with van der Waals surface area (Å²) in [4.78, 5) is 34.9. The van der Waals surface area contributed by atoms with Crippen molar-refractivity contribution in [3.63, 3.8) is 0 Å². The zero-order valence-electron chi connectivity index (χ0n) is 11.6. The van der Waals surface area contributed by atoms with Gasteiger partial charge in [-0.3, -0.25) is 19.8 Å². The molecule has 21 heavy (non-hydrogen) atoms. The van der Waals surface area contributed by atoms with Crippen LogP contribution in [0.2, 0.25) is 0 Å². The number of amides is 3. The molecule has 1 aromatic rings. The first-order chi connectivity index (χ1) is 10.0. The first kappa shape index (κ1) is 14.8. The van der Waals surface area contributed by atoms with E-state index in [1.165, 1.54) is 6.07 Å². The van der Waals surface area contributed by atoms with Gasteiger partial charge in [-0.25, -0.2) is 4.79 Å². The van der Waals surface area contributed by atoms with Gasteiger partial charge in [0.1, 0.15) is 5.69 Å². The average molecular weight is 292 g/mol. The number of hydrogen-bond acceptors (Lipinski definition) is 5. The highest BCUT2D eigenvalue weighted by Gasteiger charge is 2.30. The second kappa shape index (κ2) is 6.21. The van der Waals surface area contributed by atoms with Gasteiger partial charge in [-0.1, -0.05) is 19.1 Å². The second-order valence-electron chi connectivity index (χ2n) is 4.63. The number of para-hydroxylation sites is 1. The van der Waals surface area contributed by atoms with Gasteiger partial charge >= 0.3 is 6.03 Å². The van der Waals surface area contributed by atoms with Crippen molar-refractivity contribution in [1.29, 1.82) is 0 Å². The van der Waals surface area contributed by atoms with Gasteiger partial charge in [-0.2, -0.15) is 0 Å². The first-order valence-corrected chi connectivity index (χ1v) is 6.63. The maximum Gasteiger partial charge on any atom is 0.324 e. The molecular formula is C13H16N4O4. The van der Waals surface area contributed by atoms with E-state index in [-0.39, 0.29) is 24.7 Å². The molecule has 0 aliphatic carbocycles. The second-order valence-corrected chi connectivity index (χ2v) is 4.63. The van der Waals surface area contributed by atoms with Crippen LogP contribution in [0, 0.1) is 10.1 Å².